The van der Waals surface area contributed by atoms with Crippen molar-refractivity contribution >= 4 is 5.97 Å². The maximum atomic E-state index is 11.8. The summed E-state index contributed by atoms with van der Waals surface area (Å²) in [7, 11) is 0. The molecule has 0 aromatic heterocycles. The van der Waals surface area contributed by atoms with Gasteiger partial charge in [0.25, 0.3) is 0 Å². The maximum absolute atomic E-state index is 11.8. The van der Waals surface area contributed by atoms with Crippen LogP contribution in [-0.2, 0) is 14.3 Å². The molecule has 1 aromatic rings. The minimum atomic E-state index is -0.734. The lowest BCUT2D eigenvalue weighted by Gasteiger charge is -2.21. The van der Waals surface area contributed by atoms with E-state index in [2.05, 4.69) is 0 Å². The van der Waals surface area contributed by atoms with Gasteiger partial charge in [-0.15, -0.1) is 0 Å². The molecule has 0 amide bonds. The number of rotatable bonds is 10. The molecule has 33 heavy (non-hydrogen) atoms. The van der Waals surface area contributed by atoms with Crippen LogP contribution in [0.3, 0.4) is 0 Å². The van der Waals surface area contributed by atoms with Gasteiger partial charge in [-0.3, -0.25) is 4.79 Å². The molecule has 0 bridgehead atoms. The van der Waals surface area contributed by atoms with Crippen molar-refractivity contribution in [2.75, 3.05) is 13.2 Å². The number of benzene rings is 1. The van der Waals surface area contributed by atoms with Crippen molar-refractivity contribution in [1.82, 2.24) is 0 Å². The first-order valence-corrected chi connectivity index (χ1v) is 12.4. The third-order valence-electron chi connectivity index (χ3n) is 6.70. The lowest BCUT2D eigenvalue weighted by atomic mass is 9.86. The van der Waals surface area contributed by atoms with E-state index in [4.69, 9.17) is 14.2 Å². The van der Waals surface area contributed by atoms with Crippen LogP contribution in [0.1, 0.15) is 57.9 Å². The van der Waals surface area contributed by atoms with Crippen LogP contribution in [0, 0.1) is 24.7 Å². The average molecular weight is 461 g/mol. The minimum absolute atomic E-state index is 0.0243. The molecule has 6 atom stereocenters. The summed E-state index contributed by atoms with van der Waals surface area (Å²) in [5.41, 5.74) is 1.16. The Bertz CT molecular complexity index is 758. The molecule has 2 fully saturated rings. The second kappa shape index (κ2) is 12.5. The molecule has 1 aliphatic carbocycles. The van der Waals surface area contributed by atoms with Gasteiger partial charge >= 0.3 is 5.97 Å². The second-order valence-corrected chi connectivity index (χ2v) is 9.87. The molecule has 0 unspecified atom stereocenters. The molecular formula is C27H40O6. The average Bonchev–Trinajstić information content (AvgIpc) is 2.93. The first kappa shape index (κ1) is 25.7. The third kappa shape index (κ3) is 8.13. The Morgan fingerprint density at radius 1 is 1.24 bits per heavy atom. The van der Waals surface area contributed by atoms with Crippen molar-refractivity contribution < 1.29 is 29.2 Å². The first-order valence-electron chi connectivity index (χ1n) is 12.4. The fourth-order valence-corrected chi connectivity index (χ4v) is 4.93. The van der Waals surface area contributed by atoms with E-state index in [0.29, 0.717) is 25.4 Å². The van der Waals surface area contributed by atoms with E-state index in [0.717, 1.165) is 37.0 Å². The molecule has 3 rings (SSSR count). The zero-order valence-corrected chi connectivity index (χ0v) is 20.2. The van der Waals surface area contributed by atoms with Crippen molar-refractivity contribution in [1.29, 1.82) is 0 Å². The van der Waals surface area contributed by atoms with Crippen LogP contribution in [0.25, 0.3) is 0 Å². The largest absolute Gasteiger partial charge is 0.491 e. The predicted octanol–water partition coefficient (Wildman–Crippen LogP) is 4.21. The van der Waals surface area contributed by atoms with Gasteiger partial charge in [0.2, 0.25) is 0 Å². The standard InChI is InChI=1S/C27H40O6/c1-18(2)33-27(30)6-4-5-20-9-13-24-23(25(29)15-26(24)32-16-20)14-10-21(28)17-31-22-11-7-19(3)8-12-22/h7-8,10-12,14,18,20-21,23-26,28-29H,4-6,9,13,15-17H2,1-3H3/b14-10+/t20-,21+,23+,24+,25+,26-/m0/s1. The quantitative estimate of drug-likeness (QED) is 0.402. The first-order chi connectivity index (χ1) is 15.8. The molecule has 0 spiro atoms. The van der Waals surface area contributed by atoms with E-state index in [9.17, 15) is 15.0 Å². The minimum Gasteiger partial charge on any atom is -0.491 e. The van der Waals surface area contributed by atoms with E-state index >= 15 is 0 Å². The number of carbonyl (C=O) groups excluding carboxylic acids is 1. The highest BCUT2D eigenvalue weighted by Crippen LogP contribution is 2.42. The van der Waals surface area contributed by atoms with Crippen molar-refractivity contribution in [3.8, 4) is 5.75 Å². The number of esters is 1. The van der Waals surface area contributed by atoms with Gasteiger partial charge in [0.15, 0.2) is 0 Å². The van der Waals surface area contributed by atoms with E-state index < -0.39 is 12.2 Å². The van der Waals surface area contributed by atoms with E-state index in [1.54, 1.807) is 6.08 Å². The number of aliphatic hydroxyl groups is 2. The number of hydrogen-bond donors (Lipinski definition) is 2. The molecule has 184 valence electrons. The fraction of sp³-hybridized carbons (Fsp3) is 0.667. The van der Waals surface area contributed by atoms with Crippen molar-refractivity contribution in [2.45, 2.75) is 83.7 Å². The monoisotopic (exact) mass is 460 g/mol. The number of aryl methyl sites for hydroxylation is 1. The van der Waals surface area contributed by atoms with E-state index in [1.165, 1.54) is 0 Å². The van der Waals surface area contributed by atoms with Gasteiger partial charge in [-0.1, -0.05) is 29.8 Å². The molecule has 6 nitrogen and oxygen atoms in total. The van der Waals surface area contributed by atoms with Gasteiger partial charge < -0.3 is 24.4 Å². The highest BCUT2D eigenvalue weighted by Gasteiger charge is 2.43. The Balaban J connectivity index is 1.44. The Labute approximate surface area is 197 Å². The summed E-state index contributed by atoms with van der Waals surface area (Å²) in [6.45, 7) is 6.60. The topological polar surface area (TPSA) is 85.2 Å². The van der Waals surface area contributed by atoms with Gasteiger partial charge in [0.05, 0.1) is 18.3 Å². The second-order valence-electron chi connectivity index (χ2n) is 9.87. The smallest absolute Gasteiger partial charge is 0.306 e. The van der Waals surface area contributed by atoms with Gasteiger partial charge in [-0.25, -0.2) is 0 Å². The molecule has 1 aliphatic heterocycles. The fourth-order valence-electron chi connectivity index (χ4n) is 4.93. The summed E-state index contributed by atoms with van der Waals surface area (Å²) in [4.78, 5) is 11.8. The SMILES string of the molecule is Cc1ccc(OC[C@H](O)/C=C/[C@@H]2[C@H]3CC[C@H](CCCC(=O)OC(C)C)CO[C@H]3C[C@H]2O)cc1. The zero-order valence-electron chi connectivity index (χ0n) is 20.2. The zero-order chi connectivity index (χ0) is 23.8. The summed E-state index contributed by atoms with van der Waals surface area (Å²) in [6, 6.07) is 7.74. The Morgan fingerprint density at radius 2 is 2.00 bits per heavy atom. The third-order valence-corrected chi connectivity index (χ3v) is 6.70. The number of ether oxygens (including phenoxy) is 3. The Kier molecular flexibility index (Phi) is 9.78. The number of aliphatic hydroxyl groups excluding tert-OH is 2. The molecule has 2 N–H and O–H groups in total. The highest BCUT2D eigenvalue weighted by atomic mass is 16.5. The predicted molar refractivity (Wildman–Crippen MR) is 127 cm³/mol. The summed E-state index contributed by atoms with van der Waals surface area (Å²) in [5, 5.41) is 20.9. The van der Waals surface area contributed by atoms with Gasteiger partial charge in [0, 0.05) is 25.4 Å². The van der Waals surface area contributed by atoms with Crippen molar-refractivity contribution in [3.05, 3.63) is 42.0 Å². The molecule has 0 radical (unpaired) electrons. The summed E-state index contributed by atoms with van der Waals surface area (Å²) >= 11 is 0. The molecule has 1 saturated heterocycles. The van der Waals surface area contributed by atoms with Crippen LogP contribution >= 0.6 is 0 Å². The summed E-state index contributed by atoms with van der Waals surface area (Å²) in [6.07, 6.45) is 7.33. The molecular weight excluding hydrogens is 420 g/mol. The van der Waals surface area contributed by atoms with Gasteiger partial charge in [-0.05, 0) is 70.4 Å². The molecule has 2 aliphatic rings. The van der Waals surface area contributed by atoms with Crippen molar-refractivity contribution in [3.63, 3.8) is 0 Å². The summed E-state index contributed by atoms with van der Waals surface area (Å²) in [5.74, 6) is 1.25. The lowest BCUT2D eigenvalue weighted by Crippen LogP contribution is -2.22. The molecule has 1 saturated carbocycles. The van der Waals surface area contributed by atoms with Crippen LogP contribution in [0.15, 0.2) is 36.4 Å². The van der Waals surface area contributed by atoms with Crippen LogP contribution in [0.4, 0.5) is 0 Å². The highest BCUT2D eigenvalue weighted by molar-refractivity contribution is 5.69. The maximum Gasteiger partial charge on any atom is 0.306 e. The van der Waals surface area contributed by atoms with E-state index in [-0.39, 0.29) is 36.6 Å². The van der Waals surface area contributed by atoms with Crippen LogP contribution < -0.4 is 4.74 Å². The van der Waals surface area contributed by atoms with Crippen LogP contribution in [0.2, 0.25) is 0 Å². The number of fused-ring (bicyclic) bond motifs is 1. The molecule has 1 heterocycles. The lowest BCUT2D eigenvalue weighted by molar-refractivity contribution is -0.147. The van der Waals surface area contributed by atoms with Crippen LogP contribution in [0.5, 0.6) is 5.75 Å². The van der Waals surface area contributed by atoms with Gasteiger partial charge in [-0.2, -0.15) is 0 Å². The molecule has 1 aromatic carbocycles. The Morgan fingerprint density at radius 3 is 2.73 bits per heavy atom. The number of carbonyl (C=O) groups is 1. The van der Waals surface area contributed by atoms with E-state index in [1.807, 2.05) is 51.1 Å². The van der Waals surface area contributed by atoms with Crippen LogP contribution in [-0.4, -0.2) is 53.8 Å². The number of hydrogen-bond acceptors (Lipinski definition) is 6. The van der Waals surface area contributed by atoms with Gasteiger partial charge in [0.1, 0.15) is 18.5 Å². The van der Waals surface area contributed by atoms with Crippen molar-refractivity contribution in [2.24, 2.45) is 17.8 Å². The molecule has 6 heteroatoms. The Hall–Kier alpha value is -1.89. The summed E-state index contributed by atoms with van der Waals surface area (Å²) < 4.78 is 17.1. The normalized spacial score (nSPS) is 28.5.